The van der Waals surface area contributed by atoms with Crippen molar-refractivity contribution >= 4 is 34.3 Å². The number of nitrogens with one attached hydrogen (secondary N) is 2. The van der Waals surface area contributed by atoms with E-state index in [1.165, 1.54) is 5.57 Å². The van der Waals surface area contributed by atoms with E-state index < -0.39 is 0 Å². The van der Waals surface area contributed by atoms with Crippen LogP contribution in [-0.4, -0.2) is 40.3 Å². The number of hydrazine groups is 1. The third kappa shape index (κ3) is 5.01. The van der Waals surface area contributed by atoms with Crippen LogP contribution in [0.4, 0.5) is 5.82 Å². The molecule has 0 radical (unpaired) electrons. The second kappa shape index (κ2) is 9.52. The Morgan fingerprint density at radius 3 is 2.76 bits per heavy atom. The molecule has 33 heavy (non-hydrogen) atoms. The molecule has 1 aliphatic rings. The van der Waals surface area contributed by atoms with E-state index in [1.54, 1.807) is 31.9 Å². The van der Waals surface area contributed by atoms with Crippen LogP contribution in [0, 0.1) is 5.92 Å². The van der Waals surface area contributed by atoms with Crippen LogP contribution in [0.5, 0.6) is 0 Å². The molecule has 0 aliphatic carbocycles. The summed E-state index contributed by atoms with van der Waals surface area (Å²) in [5.41, 5.74) is 15.5. The molecule has 0 saturated heterocycles. The zero-order chi connectivity index (χ0) is 23.4. The van der Waals surface area contributed by atoms with Crippen molar-refractivity contribution in [1.29, 1.82) is 0 Å². The average molecular weight is 441 g/mol. The number of anilines is 1. The summed E-state index contributed by atoms with van der Waals surface area (Å²) >= 11 is 0. The van der Waals surface area contributed by atoms with E-state index in [0.717, 1.165) is 33.6 Å². The van der Waals surface area contributed by atoms with Gasteiger partial charge in [0.05, 0.1) is 11.0 Å². The Balaban J connectivity index is 1.70. The normalized spacial score (nSPS) is 14.8. The monoisotopic (exact) mass is 440 g/mol. The smallest absolute Gasteiger partial charge is 0.132 e. The summed E-state index contributed by atoms with van der Waals surface area (Å²) < 4.78 is 0. The summed E-state index contributed by atoms with van der Waals surface area (Å²) in [6, 6.07) is 9.61. The van der Waals surface area contributed by atoms with Crippen LogP contribution in [0.2, 0.25) is 0 Å². The molecule has 4 N–H and O–H groups in total. The highest BCUT2D eigenvalue weighted by atomic mass is 15.5. The Kier molecular flexibility index (Phi) is 6.35. The molecular formula is C25H28N8. The van der Waals surface area contributed by atoms with Gasteiger partial charge in [-0.1, -0.05) is 13.8 Å². The number of nitrogens with two attached hydrogens (primary N) is 1. The molecule has 4 heterocycles. The van der Waals surface area contributed by atoms with E-state index in [4.69, 9.17) is 10.7 Å². The number of hydrogen-bond acceptors (Lipinski definition) is 8. The fourth-order valence-corrected chi connectivity index (χ4v) is 3.53. The minimum absolute atomic E-state index is 0.415. The molecule has 0 atom stereocenters. The summed E-state index contributed by atoms with van der Waals surface area (Å²) in [6.45, 7) is 4.34. The number of nitrogens with zero attached hydrogens (tertiary/aromatic N) is 5. The molecule has 3 aromatic rings. The van der Waals surface area contributed by atoms with Gasteiger partial charge in [0.25, 0.3) is 0 Å². The molecule has 0 fully saturated rings. The van der Waals surface area contributed by atoms with Crippen LogP contribution < -0.4 is 16.5 Å². The molecule has 8 nitrogen and oxygen atoms in total. The molecule has 0 saturated carbocycles. The molecule has 0 amide bonds. The predicted molar refractivity (Wildman–Crippen MR) is 135 cm³/mol. The maximum absolute atomic E-state index is 6.47. The van der Waals surface area contributed by atoms with Crippen molar-refractivity contribution in [2.24, 2.45) is 16.6 Å². The minimum atomic E-state index is 0.415. The van der Waals surface area contributed by atoms with Gasteiger partial charge in [-0.05, 0) is 47.9 Å². The summed E-state index contributed by atoms with van der Waals surface area (Å²) in [6.07, 6.45) is 11.1. The van der Waals surface area contributed by atoms with Crippen LogP contribution in [0.1, 0.15) is 25.0 Å². The van der Waals surface area contributed by atoms with Gasteiger partial charge in [-0.15, -0.1) is 0 Å². The van der Waals surface area contributed by atoms with Crippen molar-refractivity contribution < 1.29 is 0 Å². The van der Waals surface area contributed by atoms with Crippen molar-refractivity contribution in [3.63, 3.8) is 0 Å². The molecule has 8 heteroatoms. The van der Waals surface area contributed by atoms with E-state index >= 15 is 0 Å². The van der Waals surface area contributed by atoms with Crippen molar-refractivity contribution in [2.45, 2.75) is 13.8 Å². The number of rotatable bonds is 6. The van der Waals surface area contributed by atoms with Gasteiger partial charge in [-0.3, -0.25) is 25.4 Å². The maximum Gasteiger partial charge on any atom is 0.132 e. The molecule has 3 aromatic heterocycles. The largest absolute Gasteiger partial charge is 0.398 e. The number of pyridine rings is 3. The highest BCUT2D eigenvalue weighted by Gasteiger charge is 2.13. The van der Waals surface area contributed by atoms with Crippen molar-refractivity contribution in [2.75, 3.05) is 19.4 Å². The Morgan fingerprint density at radius 2 is 2.03 bits per heavy atom. The van der Waals surface area contributed by atoms with Crippen LogP contribution in [0.25, 0.3) is 22.3 Å². The molecule has 0 bridgehead atoms. The van der Waals surface area contributed by atoms with Gasteiger partial charge in [-0.25, -0.2) is 4.98 Å². The molecule has 0 unspecified atom stereocenters. The first-order valence-corrected chi connectivity index (χ1v) is 10.7. The number of allylic oxidation sites excluding steroid dienone is 3. The van der Waals surface area contributed by atoms with Gasteiger partial charge in [0.1, 0.15) is 11.6 Å². The lowest BCUT2D eigenvalue weighted by atomic mass is 10.0. The van der Waals surface area contributed by atoms with E-state index in [0.29, 0.717) is 17.4 Å². The Labute approximate surface area is 193 Å². The fourth-order valence-electron chi connectivity index (χ4n) is 3.53. The quantitative estimate of drug-likeness (QED) is 0.501. The number of hydrogen-bond donors (Lipinski definition) is 3. The molecule has 1 aliphatic heterocycles. The zero-order valence-corrected chi connectivity index (χ0v) is 19.2. The van der Waals surface area contributed by atoms with Gasteiger partial charge in [0.15, 0.2) is 0 Å². The van der Waals surface area contributed by atoms with Gasteiger partial charge >= 0.3 is 0 Å². The van der Waals surface area contributed by atoms with Crippen LogP contribution in [-0.2, 0) is 0 Å². The van der Waals surface area contributed by atoms with Crippen molar-refractivity contribution in [3.05, 3.63) is 83.7 Å². The average Bonchev–Trinajstić information content (AvgIpc) is 2.82. The number of aromatic nitrogens is 3. The standard InChI is InChI=1S/C25H28N8/c1-16(2)19-11-24(32-33(4)15-19)31-23-8-7-21-22(30-23)10-18(13-29-21)20(14-27-3)25(26)17-6-5-9-28-12-17/h5-16,32H,26H2,1-4H3,(H,30,31). The highest BCUT2D eigenvalue weighted by molar-refractivity contribution is 6.19. The van der Waals surface area contributed by atoms with Crippen molar-refractivity contribution in [1.82, 2.24) is 25.4 Å². The van der Waals surface area contributed by atoms with Crippen LogP contribution in [0.3, 0.4) is 0 Å². The number of aliphatic imine (C=N–C) groups is 1. The lowest BCUT2D eigenvalue weighted by Gasteiger charge is -2.27. The Hall–Kier alpha value is -4.20. The highest BCUT2D eigenvalue weighted by Crippen LogP contribution is 2.24. The van der Waals surface area contributed by atoms with Gasteiger partial charge in [-0.2, -0.15) is 0 Å². The summed E-state index contributed by atoms with van der Waals surface area (Å²) in [5.74, 6) is 1.99. The first-order valence-electron chi connectivity index (χ1n) is 10.7. The summed E-state index contributed by atoms with van der Waals surface area (Å²) in [7, 11) is 3.68. The van der Waals surface area contributed by atoms with Crippen LogP contribution in [0.15, 0.2) is 77.6 Å². The lowest BCUT2D eigenvalue weighted by molar-refractivity contribution is 0.358. The minimum Gasteiger partial charge on any atom is -0.398 e. The Morgan fingerprint density at radius 1 is 1.18 bits per heavy atom. The second-order valence-corrected chi connectivity index (χ2v) is 8.10. The van der Waals surface area contributed by atoms with Gasteiger partial charge in [0, 0.05) is 67.5 Å². The van der Waals surface area contributed by atoms with Crippen LogP contribution >= 0.6 is 0 Å². The fraction of sp³-hybridized carbons (Fsp3) is 0.200. The first-order chi connectivity index (χ1) is 15.9. The summed E-state index contributed by atoms with van der Waals surface area (Å²) in [4.78, 5) is 17.7. The van der Waals surface area contributed by atoms with E-state index in [1.807, 2.05) is 42.4 Å². The van der Waals surface area contributed by atoms with Gasteiger partial charge < -0.3 is 11.1 Å². The molecular weight excluding hydrogens is 412 g/mol. The van der Waals surface area contributed by atoms with Crippen molar-refractivity contribution in [3.8, 4) is 0 Å². The Bertz CT molecular complexity index is 1270. The van der Waals surface area contributed by atoms with Gasteiger partial charge in [0.2, 0.25) is 0 Å². The van der Waals surface area contributed by atoms with E-state index in [-0.39, 0.29) is 0 Å². The third-order valence-corrected chi connectivity index (χ3v) is 5.25. The first kappa shape index (κ1) is 22.0. The molecule has 4 rings (SSSR count). The molecule has 0 spiro atoms. The van der Waals surface area contributed by atoms with E-state index in [2.05, 4.69) is 51.8 Å². The summed E-state index contributed by atoms with van der Waals surface area (Å²) in [5, 5.41) is 5.30. The lowest BCUT2D eigenvalue weighted by Crippen LogP contribution is -2.35. The topological polar surface area (TPSA) is 104 Å². The molecule has 168 valence electrons. The SMILES string of the molecule is CN=CC(=C(N)c1cccnc1)c1cnc2ccc(NC3=CC(C(C)C)=CN(C)N3)nc2c1. The van der Waals surface area contributed by atoms with E-state index in [9.17, 15) is 0 Å². The molecule has 0 aromatic carbocycles. The number of fused-ring (bicyclic) bond motifs is 1. The second-order valence-electron chi connectivity index (χ2n) is 8.10. The third-order valence-electron chi connectivity index (χ3n) is 5.25. The maximum atomic E-state index is 6.47. The zero-order valence-electron chi connectivity index (χ0n) is 19.2. The predicted octanol–water partition coefficient (Wildman–Crippen LogP) is 3.80.